The van der Waals surface area contributed by atoms with E-state index in [9.17, 15) is 5.11 Å². The van der Waals surface area contributed by atoms with Crippen molar-refractivity contribution in [3.05, 3.63) is 70.4 Å². The zero-order valence-corrected chi connectivity index (χ0v) is 14.8. The summed E-state index contributed by atoms with van der Waals surface area (Å²) in [6, 6.07) is 15.6. The number of benzene rings is 2. The minimum atomic E-state index is -0.0921. The molecule has 0 fully saturated rings. The lowest BCUT2D eigenvalue weighted by Crippen LogP contribution is -2.17. The summed E-state index contributed by atoms with van der Waals surface area (Å²) in [4.78, 5) is 15.6. The van der Waals surface area contributed by atoms with Crippen molar-refractivity contribution in [3.63, 3.8) is 0 Å². The van der Waals surface area contributed by atoms with E-state index in [4.69, 9.17) is 4.74 Å². The molecular weight excluding hydrogens is 342 g/mol. The SMILES string of the molecule is COCC(Nc1nc(O)c(C=c2ccc3c(c2)N=CN=3)[nH]1)c1ccccc1. The zero-order valence-electron chi connectivity index (χ0n) is 14.8. The van der Waals surface area contributed by atoms with Crippen molar-refractivity contribution in [2.45, 2.75) is 6.04 Å². The van der Waals surface area contributed by atoms with Gasteiger partial charge in [-0.05, 0) is 29.0 Å². The fourth-order valence-electron chi connectivity index (χ4n) is 2.95. The van der Waals surface area contributed by atoms with Gasteiger partial charge in [0.1, 0.15) is 12.0 Å². The second kappa shape index (κ2) is 7.43. The first-order valence-corrected chi connectivity index (χ1v) is 8.54. The molecule has 7 nitrogen and oxygen atoms in total. The van der Waals surface area contributed by atoms with E-state index in [-0.39, 0.29) is 11.9 Å². The van der Waals surface area contributed by atoms with Crippen LogP contribution in [-0.4, -0.2) is 35.1 Å². The molecule has 0 saturated heterocycles. The molecular formula is C20H19N5O2. The Kier molecular flexibility index (Phi) is 4.67. The van der Waals surface area contributed by atoms with Gasteiger partial charge < -0.3 is 20.1 Å². The Balaban J connectivity index is 1.60. The first kappa shape index (κ1) is 17.0. The van der Waals surface area contributed by atoms with Gasteiger partial charge in [0.05, 0.1) is 23.7 Å². The Morgan fingerprint density at radius 3 is 2.89 bits per heavy atom. The number of aromatic amines is 1. The minimum absolute atomic E-state index is 0.0737. The van der Waals surface area contributed by atoms with Gasteiger partial charge >= 0.3 is 0 Å². The Hall–Kier alpha value is -3.45. The molecule has 4 rings (SSSR count). The predicted molar refractivity (Wildman–Crippen MR) is 104 cm³/mol. The van der Waals surface area contributed by atoms with Gasteiger partial charge in [-0.25, -0.2) is 9.98 Å². The quantitative estimate of drug-likeness (QED) is 0.626. The predicted octanol–water partition coefficient (Wildman–Crippen LogP) is 2.04. The third-order valence-corrected chi connectivity index (χ3v) is 4.26. The smallest absolute Gasteiger partial charge is 0.238 e. The molecule has 1 atom stereocenters. The number of aromatic nitrogens is 2. The number of fused-ring (bicyclic) bond motifs is 1. The van der Waals surface area contributed by atoms with Gasteiger partial charge in [-0.1, -0.05) is 36.4 Å². The van der Waals surface area contributed by atoms with Crippen LogP contribution in [0.2, 0.25) is 0 Å². The van der Waals surface area contributed by atoms with E-state index < -0.39 is 0 Å². The second-order valence-electron chi connectivity index (χ2n) is 6.15. The van der Waals surface area contributed by atoms with Gasteiger partial charge in [-0.2, -0.15) is 4.98 Å². The number of anilines is 1. The molecule has 7 heteroatoms. The maximum Gasteiger partial charge on any atom is 0.238 e. The molecule has 1 unspecified atom stereocenters. The zero-order chi connectivity index (χ0) is 18.6. The lowest BCUT2D eigenvalue weighted by molar-refractivity contribution is 0.186. The van der Waals surface area contributed by atoms with Crippen LogP contribution in [0.5, 0.6) is 5.88 Å². The van der Waals surface area contributed by atoms with Crippen molar-refractivity contribution in [2.75, 3.05) is 19.0 Å². The molecule has 0 bridgehead atoms. The van der Waals surface area contributed by atoms with Gasteiger partial charge in [0.2, 0.25) is 11.8 Å². The summed E-state index contributed by atoms with van der Waals surface area (Å²) in [5.41, 5.74) is 2.40. The lowest BCUT2D eigenvalue weighted by atomic mass is 10.1. The minimum Gasteiger partial charge on any atom is -0.492 e. The molecule has 3 aromatic rings. The number of hydrogen-bond donors (Lipinski definition) is 3. The maximum absolute atomic E-state index is 10.2. The fourth-order valence-corrected chi connectivity index (χ4v) is 2.95. The molecule has 27 heavy (non-hydrogen) atoms. The molecule has 0 aliphatic carbocycles. The summed E-state index contributed by atoms with van der Waals surface area (Å²) in [6.45, 7) is 0.469. The van der Waals surface area contributed by atoms with E-state index in [1.54, 1.807) is 7.11 Å². The van der Waals surface area contributed by atoms with E-state index in [1.807, 2.05) is 54.6 Å². The molecule has 0 spiro atoms. The van der Waals surface area contributed by atoms with Gasteiger partial charge in [-0.15, -0.1) is 0 Å². The van der Waals surface area contributed by atoms with E-state index in [0.717, 1.165) is 21.8 Å². The number of aromatic hydroxyl groups is 1. The third-order valence-electron chi connectivity index (χ3n) is 4.26. The number of nitrogens with zero attached hydrogens (tertiary/aromatic N) is 3. The van der Waals surface area contributed by atoms with Crippen LogP contribution in [-0.2, 0) is 4.74 Å². The first-order chi connectivity index (χ1) is 13.2. The van der Waals surface area contributed by atoms with Crippen LogP contribution in [0.3, 0.4) is 0 Å². The Morgan fingerprint density at radius 2 is 2.07 bits per heavy atom. The lowest BCUT2D eigenvalue weighted by Gasteiger charge is -2.17. The normalized spacial score (nSPS) is 14.0. The van der Waals surface area contributed by atoms with Crippen molar-refractivity contribution in [1.82, 2.24) is 9.97 Å². The van der Waals surface area contributed by atoms with Crippen LogP contribution in [0, 0.1) is 0 Å². The van der Waals surface area contributed by atoms with Gasteiger partial charge in [0.15, 0.2) is 0 Å². The fraction of sp³-hybridized carbons (Fsp3) is 0.150. The van der Waals surface area contributed by atoms with E-state index >= 15 is 0 Å². The number of nitrogens with one attached hydrogen (secondary N) is 2. The average Bonchev–Trinajstić information content (AvgIpc) is 3.28. The molecule has 0 radical (unpaired) electrons. The monoisotopic (exact) mass is 361 g/mol. The summed E-state index contributed by atoms with van der Waals surface area (Å²) in [5, 5.41) is 15.2. The highest BCUT2D eigenvalue weighted by Crippen LogP contribution is 2.22. The van der Waals surface area contributed by atoms with Crippen molar-refractivity contribution < 1.29 is 9.84 Å². The number of imidazole rings is 1. The Bertz CT molecular complexity index is 1090. The Morgan fingerprint density at radius 1 is 1.22 bits per heavy atom. The van der Waals surface area contributed by atoms with Gasteiger partial charge in [-0.3, -0.25) is 0 Å². The highest BCUT2D eigenvalue weighted by atomic mass is 16.5. The summed E-state index contributed by atoms with van der Waals surface area (Å²) < 4.78 is 5.31. The second-order valence-corrected chi connectivity index (χ2v) is 6.15. The largest absolute Gasteiger partial charge is 0.492 e. The molecule has 3 N–H and O–H groups in total. The van der Waals surface area contributed by atoms with E-state index in [0.29, 0.717) is 18.2 Å². The molecule has 2 heterocycles. The third kappa shape index (κ3) is 3.73. The van der Waals surface area contributed by atoms with Crippen LogP contribution in [0.4, 0.5) is 11.6 Å². The molecule has 1 aromatic heterocycles. The number of rotatable bonds is 6. The molecule has 0 amide bonds. The molecule has 136 valence electrons. The standard InChI is InChI=1S/C20H19N5O2/c1-27-11-18(14-5-3-2-4-6-14)24-20-23-17(19(26)25-20)10-13-7-8-15-16(9-13)22-12-21-15/h2-10,12,18,26H,11H2,1H3,(H2,23,24,25). The highest BCUT2D eigenvalue weighted by Gasteiger charge is 2.14. The summed E-state index contributed by atoms with van der Waals surface area (Å²) in [6.07, 6.45) is 3.35. The summed E-state index contributed by atoms with van der Waals surface area (Å²) >= 11 is 0. The van der Waals surface area contributed by atoms with Crippen LogP contribution in [0.15, 0.2) is 58.5 Å². The van der Waals surface area contributed by atoms with Crippen molar-refractivity contribution in [1.29, 1.82) is 0 Å². The Labute approximate surface area is 155 Å². The van der Waals surface area contributed by atoms with Crippen molar-refractivity contribution >= 4 is 24.1 Å². The summed E-state index contributed by atoms with van der Waals surface area (Å²) in [5.74, 6) is 0.397. The van der Waals surface area contributed by atoms with Crippen molar-refractivity contribution in [2.24, 2.45) is 9.98 Å². The highest BCUT2D eigenvalue weighted by molar-refractivity contribution is 5.67. The van der Waals surface area contributed by atoms with Crippen LogP contribution in [0.25, 0.3) is 6.08 Å². The van der Waals surface area contributed by atoms with Crippen LogP contribution in [0.1, 0.15) is 17.3 Å². The molecule has 0 saturated carbocycles. The molecule has 1 aliphatic rings. The number of aliphatic imine (C=N–C) groups is 1. The van der Waals surface area contributed by atoms with Crippen LogP contribution >= 0.6 is 0 Å². The molecule has 1 aliphatic heterocycles. The number of H-pyrrole nitrogens is 1. The number of hydrogen-bond acceptors (Lipinski definition) is 6. The van der Waals surface area contributed by atoms with E-state index in [2.05, 4.69) is 25.3 Å². The van der Waals surface area contributed by atoms with E-state index in [1.165, 1.54) is 6.34 Å². The maximum atomic E-state index is 10.2. The van der Waals surface area contributed by atoms with Gasteiger partial charge in [0.25, 0.3) is 0 Å². The van der Waals surface area contributed by atoms with Crippen LogP contribution < -0.4 is 15.9 Å². The number of methoxy groups -OCH3 is 1. The molecule has 2 aromatic carbocycles. The number of ether oxygens (including phenoxy) is 1. The summed E-state index contributed by atoms with van der Waals surface area (Å²) in [7, 11) is 1.65. The first-order valence-electron chi connectivity index (χ1n) is 8.54. The topological polar surface area (TPSA) is 94.9 Å². The van der Waals surface area contributed by atoms with Crippen molar-refractivity contribution in [3.8, 4) is 5.88 Å². The average molecular weight is 361 g/mol. The van der Waals surface area contributed by atoms with Gasteiger partial charge in [0, 0.05) is 7.11 Å².